The van der Waals surface area contributed by atoms with Crippen LogP contribution in [0.1, 0.15) is 40.7 Å². The van der Waals surface area contributed by atoms with Crippen molar-refractivity contribution < 1.29 is 4.42 Å². The van der Waals surface area contributed by atoms with Gasteiger partial charge in [0.05, 0.1) is 0 Å². The first kappa shape index (κ1) is 13.8. The van der Waals surface area contributed by atoms with Crippen molar-refractivity contribution in [2.45, 2.75) is 39.7 Å². The summed E-state index contributed by atoms with van der Waals surface area (Å²) in [6.45, 7) is 6.09. The first-order chi connectivity index (χ1) is 9.13. The van der Waals surface area contributed by atoms with Crippen molar-refractivity contribution in [2.75, 3.05) is 0 Å². The SMILES string of the molecule is Cc1oc(C)c(C(CCc2ccccc2)NN)c1C. The largest absolute Gasteiger partial charge is 0.466 e. The van der Waals surface area contributed by atoms with Crippen molar-refractivity contribution >= 4 is 0 Å². The molecule has 2 aromatic rings. The molecule has 0 aliphatic rings. The van der Waals surface area contributed by atoms with Crippen LogP contribution in [0.2, 0.25) is 0 Å². The van der Waals surface area contributed by atoms with E-state index >= 15 is 0 Å². The second kappa shape index (κ2) is 6.04. The highest BCUT2D eigenvalue weighted by Gasteiger charge is 2.19. The quantitative estimate of drug-likeness (QED) is 0.639. The van der Waals surface area contributed by atoms with Crippen LogP contribution in [0.25, 0.3) is 0 Å². The summed E-state index contributed by atoms with van der Waals surface area (Å²) in [5.41, 5.74) is 6.66. The molecule has 102 valence electrons. The van der Waals surface area contributed by atoms with Crippen LogP contribution in [-0.4, -0.2) is 0 Å². The Morgan fingerprint density at radius 2 is 1.79 bits per heavy atom. The fraction of sp³-hybridized carbons (Fsp3) is 0.375. The van der Waals surface area contributed by atoms with E-state index in [-0.39, 0.29) is 6.04 Å². The van der Waals surface area contributed by atoms with Crippen molar-refractivity contribution in [3.8, 4) is 0 Å². The summed E-state index contributed by atoms with van der Waals surface area (Å²) < 4.78 is 5.68. The number of nitrogens with one attached hydrogen (secondary N) is 1. The van der Waals surface area contributed by atoms with E-state index in [1.807, 2.05) is 19.9 Å². The maximum absolute atomic E-state index is 5.72. The number of nitrogens with two attached hydrogens (primary N) is 1. The van der Waals surface area contributed by atoms with E-state index < -0.39 is 0 Å². The summed E-state index contributed by atoms with van der Waals surface area (Å²) in [7, 11) is 0. The van der Waals surface area contributed by atoms with Crippen LogP contribution in [0, 0.1) is 20.8 Å². The van der Waals surface area contributed by atoms with Crippen LogP contribution >= 0.6 is 0 Å². The molecule has 1 atom stereocenters. The molecule has 3 heteroatoms. The van der Waals surface area contributed by atoms with Crippen LogP contribution in [0.15, 0.2) is 34.7 Å². The van der Waals surface area contributed by atoms with E-state index in [1.54, 1.807) is 0 Å². The fourth-order valence-corrected chi connectivity index (χ4v) is 2.59. The highest BCUT2D eigenvalue weighted by Crippen LogP contribution is 2.29. The number of hydrogen-bond acceptors (Lipinski definition) is 3. The molecule has 3 N–H and O–H groups in total. The molecule has 0 bridgehead atoms. The zero-order valence-corrected chi connectivity index (χ0v) is 11.9. The summed E-state index contributed by atoms with van der Waals surface area (Å²) in [5, 5.41) is 0. The van der Waals surface area contributed by atoms with Crippen LogP contribution in [0.3, 0.4) is 0 Å². The molecule has 0 saturated heterocycles. The minimum Gasteiger partial charge on any atom is -0.466 e. The molecule has 1 heterocycles. The lowest BCUT2D eigenvalue weighted by Gasteiger charge is -2.16. The molecule has 0 spiro atoms. The fourth-order valence-electron chi connectivity index (χ4n) is 2.59. The third-order valence-corrected chi connectivity index (χ3v) is 3.73. The molecule has 0 aliphatic heterocycles. The van der Waals surface area contributed by atoms with E-state index in [0.29, 0.717) is 0 Å². The van der Waals surface area contributed by atoms with E-state index in [2.05, 4.69) is 36.6 Å². The van der Waals surface area contributed by atoms with E-state index in [1.165, 1.54) is 16.7 Å². The number of rotatable bonds is 5. The van der Waals surface area contributed by atoms with Gasteiger partial charge in [-0.1, -0.05) is 30.3 Å². The second-order valence-corrected chi connectivity index (χ2v) is 5.00. The van der Waals surface area contributed by atoms with Gasteiger partial charge in [-0.2, -0.15) is 0 Å². The highest BCUT2D eigenvalue weighted by molar-refractivity contribution is 5.34. The van der Waals surface area contributed by atoms with E-state index in [9.17, 15) is 0 Å². The van der Waals surface area contributed by atoms with Gasteiger partial charge >= 0.3 is 0 Å². The number of furan rings is 1. The van der Waals surface area contributed by atoms with Gasteiger partial charge in [-0.15, -0.1) is 0 Å². The molecule has 0 aliphatic carbocycles. The van der Waals surface area contributed by atoms with Gasteiger partial charge in [-0.3, -0.25) is 11.3 Å². The van der Waals surface area contributed by atoms with Gasteiger partial charge in [0.2, 0.25) is 0 Å². The number of benzene rings is 1. The highest BCUT2D eigenvalue weighted by atomic mass is 16.3. The maximum atomic E-state index is 5.72. The van der Waals surface area contributed by atoms with Crippen LogP contribution in [0.5, 0.6) is 0 Å². The summed E-state index contributed by atoms with van der Waals surface area (Å²) >= 11 is 0. The van der Waals surface area contributed by atoms with Crippen LogP contribution in [-0.2, 0) is 6.42 Å². The zero-order valence-electron chi connectivity index (χ0n) is 11.9. The summed E-state index contributed by atoms with van der Waals surface area (Å²) in [4.78, 5) is 0. The summed E-state index contributed by atoms with van der Waals surface area (Å²) in [6, 6.07) is 10.6. The Hall–Kier alpha value is -1.58. The predicted molar refractivity (Wildman–Crippen MR) is 77.7 cm³/mol. The Morgan fingerprint density at radius 1 is 1.11 bits per heavy atom. The van der Waals surface area contributed by atoms with Gasteiger partial charge in [0.25, 0.3) is 0 Å². The molecular weight excluding hydrogens is 236 g/mol. The third kappa shape index (κ3) is 3.06. The molecule has 0 fully saturated rings. The molecule has 1 aromatic heterocycles. The third-order valence-electron chi connectivity index (χ3n) is 3.73. The van der Waals surface area contributed by atoms with Crippen LogP contribution < -0.4 is 11.3 Å². The Labute approximate surface area is 114 Å². The Morgan fingerprint density at radius 3 is 2.32 bits per heavy atom. The molecule has 0 radical (unpaired) electrons. The van der Waals surface area contributed by atoms with Crippen molar-refractivity contribution in [1.82, 2.24) is 5.43 Å². The minimum atomic E-state index is 0.137. The predicted octanol–water partition coefficient (Wildman–Crippen LogP) is 3.34. The van der Waals surface area contributed by atoms with E-state index in [4.69, 9.17) is 10.3 Å². The lowest BCUT2D eigenvalue weighted by molar-refractivity contribution is 0.474. The average molecular weight is 258 g/mol. The molecule has 19 heavy (non-hydrogen) atoms. The second-order valence-electron chi connectivity index (χ2n) is 5.00. The molecular formula is C16H22N2O. The number of aryl methyl sites for hydroxylation is 3. The van der Waals surface area contributed by atoms with E-state index in [0.717, 1.165) is 24.4 Å². The van der Waals surface area contributed by atoms with Crippen LogP contribution in [0.4, 0.5) is 0 Å². The monoisotopic (exact) mass is 258 g/mol. The lowest BCUT2D eigenvalue weighted by atomic mass is 9.96. The van der Waals surface area contributed by atoms with Crippen molar-refractivity contribution in [3.05, 3.63) is 58.5 Å². The van der Waals surface area contributed by atoms with Crippen molar-refractivity contribution in [1.29, 1.82) is 0 Å². The smallest absolute Gasteiger partial charge is 0.106 e. The zero-order chi connectivity index (χ0) is 13.8. The first-order valence-electron chi connectivity index (χ1n) is 6.70. The van der Waals surface area contributed by atoms with Gasteiger partial charge in [-0.05, 0) is 44.7 Å². The van der Waals surface area contributed by atoms with Gasteiger partial charge in [0, 0.05) is 11.6 Å². The van der Waals surface area contributed by atoms with Gasteiger partial charge in [-0.25, -0.2) is 0 Å². The van der Waals surface area contributed by atoms with Gasteiger partial charge < -0.3 is 4.42 Å². The molecule has 0 saturated carbocycles. The van der Waals surface area contributed by atoms with Crippen molar-refractivity contribution in [2.24, 2.45) is 5.84 Å². The number of hydrogen-bond donors (Lipinski definition) is 2. The molecule has 2 rings (SSSR count). The topological polar surface area (TPSA) is 51.2 Å². The summed E-state index contributed by atoms with van der Waals surface area (Å²) in [6.07, 6.45) is 1.96. The average Bonchev–Trinajstić information content (AvgIpc) is 2.67. The minimum absolute atomic E-state index is 0.137. The summed E-state index contributed by atoms with van der Waals surface area (Å²) in [5.74, 6) is 7.67. The Bertz CT molecular complexity index is 531. The molecule has 0 amide bonds. The maximum Gasteiger partial charge on any atom is 0.106 e. The van der Waals surface area contributed by atoms with Gasteiger partial charge in [0.1, 0.15) is 11.5 Å². The first-order valence-corrected chi connectivity index (χ1v) is 6.70. The number of hydrazine groups is 1. The molecule has 1 aromatic carbocycles. The Kier molecular flexibility index (Phi) is 4.40. The lowest BCUT2D eigenvalue weighted by Crippen LogP contribution is -2.29. The van der Waals surface area contributed by atoms with Gasteiger partial charge in [0.15, 0.2) is 0 Å². The standard InChI is InChI=1S/C16H22N2O/c1-11-12(2)19-13(3)16(11)15(18-17)10-9-14-7-5-4-6-8-14/h4-8,15,18H,9-10,17H2,1-3H3. The van der Waals surface area contributed by atoms with Crippen molar-refractivity contribution in [3.63, 3.8) is 0 Å². The Balaban J connectivity index is 2.12. The molecule has 1 unspecified atom stereocenters. The normalized spacial score (nSPS) is 12.6. The molecule has 3 nitrogen and oxygen atoms in total.